The fourth-order valence-electron chi connectivity index (χ4n) is 4.75. The molecule has 2 saturated carbocycles. The van der Waals surface area contributed by atoms with E-state index in [0.717, 1.165) is 24.3 Å². The molecule has 4 unspecified atom stereocenters. The Balaban J connectivity index is 1.79. The second-order valence-corrected chi connectivity index (χ2v) is 7.27. The highest BCUT2D eigenvalue weighted by Gasteiger charge is 2.43. The highest BCUT2D eigenvalue weighted by molar-refractivity contribution is 5.27. The number of fused-ring (bicyclic) bond motifs is 2. The predicted octanol–water partition coefficient (Wildman–Crippen LogP) is 5.12. The molecule has 1 aromatic rings. The van der Waals surface area contributed by atoms with E-state index < -0.39 is 0 Å². The molecule has 0 aliphatic heterocycles. The van der Waals surface area contributed by atoms with Gasteiger partial charge >= 0.3 is 0 Å². The topological polar surface area (TPSA) is 12.0 Å². The van der Waals surface area contributed by atoms with Gasteiger partial charge in [-0.2, -0.15) is 0 Å². The van der Waals surface area contributed by atoms with Gasteiger partial charge in [0.1, 0.15) is 0 Å². The van der Waals surface area contributed by atoms with Crippen molar-refractivity contribution in [1.29, 1.82) is 0 Å². The van der Waals surface area contributed by atoms with E-state index in [0.29, 0.717) is 6.04 Å². The lowest BCUT2D eigenvalue weighted by atomic mass is 9.80. The molecule has 3 rings (SSSR count). The van der Waals surface area contributed by atoms with Gasteiger partial charge in [0, 0.05) is 6.04 Å². The van der Waals surface area contributed by atoms with Gasteiger partial charge in [0.05, 0.1) is 0 Å². The first-order chi connectivity index (χ1) is 10.3. The molecule has 0 amide bonds. The summed E-state index contributed by atoms with van der Waals surface area (Å²) in [5, 5.41) is 3.88. The molecule has 0 radical (unpaired) electrons. The van der Waals surface area contributed by atoms with Crippen LogP contribution in [0.2, 0.25) is 0 Å². The van der Waals surface area contributed by atoms with Crippen molar-refractivity contribution in [2.75, 3.05) is 6.54 Å². The standard InChI is InChI=1S/C20H31N/c1-3-6-15-7-5-8-18(12-15)20(21-11-4-2)19-14-16-9-10-17(19)13-16/h5,7-8,12,16-17,19-21H,3-4,6,9-11,13-14H2,1-2H3. The minimum absolute atomic E-state index is 0.594. The molecule has 116 valence electrons. The molecule has 4 atom stereocenters. The molecule has 1 N–H and O–H groups in total. The number of nitrogens with one attached hydrogen (secondary N) is 1. The molecule has 1 aromatic carbocycles. The van der Waals surface area contributed by atoms with Gasteiger partial charge < -0.3 is 5.32 Å². The van der Waals surface area contributed by atoms with Gasteiger partial charge in [-0.25, -0.2) is 0 Å². The van der Waals surface area contributed by atoms with E-state index in [2.05, 4.69) is 43.4 Å². The first kappa shape index (κ1) is 15.1. The molecule has 2 bridgehead atoms. The van der Waals surface area contributed by atoms with Crippen molar-refractivity contribution in [1.82, 2.24) is 5.32 Å². The maximum absolute atomic E-state index is 3.88. The maximum Gasteiger partial charge on any atom is 0.0351 e. The van der Waals surface area contributed by atoms with Crippen LogP contribution < -0.4 is 5.32 Å². The van der Waals surface area contributed by atoms with Crippen molar-refractivity contribution in [3.05, 3.63) is 35.4 Å². The van der Waals surface area contributed by atoms with E-state index in [1.165, 1.54) is 50.5 Å². The van der Waals surface area contributed by atoms with Crippen LogP contribution in [0.1, 0.15) is 69.5 Å². The largest absolute Gasteiger partial charge is 0.310 e. The molecule has 2 aliphatic carbocycles. The Labute approximate surface area is 130 Å². The number of hydrogen-bond acceptors (Lipinski definition) is 1. The average molecular weight is 285 g/mol. The summed E-state index contributed by atoms with van der Waals surface area (Å²) in [4.78, 5) is 0. The highest BCUT2D eigenvalue weighted by atomic mass is 14.9. The fourth-order valence-corrected chi connectivity index (χ4v) is 4.75. The highest BCUT2D eigenvalue weighted by Crippen LogP contribution is 2.52. The number of aryl methyl sites for hydroxylation is 1. The van der Waals surface area contributed by atoms with E-state index in [1.807, 2.05) is 0 Å². The molecule has 0 spiro atoms. The first-order valence-electron chi connectivity index (χ1n) is 9.14. The van der Waals surface area contributed by atoms with Gasteiger partial charge in [0.15, 0.2) is 0 Å². The zero-order chi connectivity index (χ0) is 14.7. The van der Waals surface area contributed by atoms with Crippen molar-refractivity contribution in [2.24, 2.45) is 17.8 Å². The van der Waals surface area contributed by atoms with E-state index in [-0.39, 0.29) is 0 Å². The lowest BCUT2D eigenvalue weighted by Gasteiger charge is -2.32. The molecule has 0 heterocycles. The summed E-state index contributed by atoms with van der Waals surface area (Å²) in [5.74, 6) is 2.90. The van der Waals surface area contributed by atoms with Gasteiger partial charge in [0.25, 0.3) is 0 Å². The molecule has 0 saturated heterocycles. The number of rotatable bonds is 7. The van der Waals surface area contributed by atoms with Crippen LogP contribution in [0.5, 0.6) is 0 Å². The molecule has 2 aliphatic rings. The zero-order valence-electron chi connectivity index (χ0n) is 13.8. The third-order valence-corrected chi connectivity index (χ3v) is 5.68. The predicted molar refractivity (Wildman–Crippen MR) is 90.4 cm³/mol. The summed E-state index contributed by atoms with van der Waals surface area (Å²) in [7, 11) is 0. The van der Waals surface area contributed by atoms with E-state index >= 15 is 0 Å². The monoisotopic (exact) mass is 285 g/mol. The maximum atomic E-state index is 3.88. The number of benzene rings is 1. The normalized spacial score (nSPS) is 29.0. The molecule has 1 heteroatoms. The summed E-state index contributed by atoms with van der Waals surface area (Å²) >= 11 is 0. The SMILES string of the molecule is CCCNC(c1cccc(CCC)c1)C1CC2CCC1C2. The summed E-state index contributed by atoms with van der Waals surface area (Å²) in [6.45, 7) is 5.70. The van der Waals surface area contributed by atoms with Gasteiger partial charge in [-0.3, -0.25) is 0 Å². The van der Waals surface area contributed by atoms with Gasteiger partial charge in [-0.1, -0.05) is 51.0 Å². The van der Waals surface area contributed by atoms with E-state index in [9.17, 15) is 0 Å². The minimum Gasteiger partial charge on any atom is -0.310 e. The summed E-state index contributed by atoms with van der Waals surface area (Å²) in [6, 6.07) is 10.00. The van der Waals surface area contributed by atoms with E-state index in [4.69, 9.17) is 0 Å². The molecular weight excluding hydrogens is 254 g/mol. The van der Waals surface area contributed by atoms with Crippen molar-refractivity contribution in [3.63, 3.8) is 0 Å². The van der Waals surface area contributed by atoms with Crippen molar-refractivity contribution in [2.45, 2.75) is 64.8 Å². The Bertz CT molecular complexity index is 453. The quantitative estimate of drug-likeness (QED) is 0.733. The van der Waals surface area contributed by atoms with Gasteiger partial charge in [-0.15, -0.1) is 0 Å². The summed E-state index contributed by atoms with van der Waals surface area (Å²) in [5.41, 5.74) is 3.06. The van der Waals surface area contributed by atoms with Crippen LogP contribution >= 0.6 is 0 Å². The Hall–Kier alpha value is -0.820. The van der Waals surface area contributed by atoms with Crippen LogP contribution in [0, 0.1) is 17.8 Å². The Morgan fingerprint density at radius 3 is 2.71 bits per heavy atom. The van der Waals surface area contributed by atoms with Crippen LogP contribution in [-0.4, -0.2) is 6.54 Å². The average Bonchev–Trinajstić information content (AvgIpc) is 3.11. The van der Waals surface area contributed by atoms with Crippen LogP contribution in [0.15, 0.2) is 24.3 Å². The summed E-state index contributed by atoms with van der Waals surface area (Å²) < 4.78 is 0. The van der Waals surface area contributed by atoms with Crippen LogP contribution in [0.25, 0.3) is 0 Å². The first-order valence-corrected chi connectivity index (χ1v) is 9.14. The van der Waals surface area contributed by atoms with Crippen LogP contribution in [-0.2, 0) is 6.42 Å². The second kappa shape index (κ2) is 6.96. The zero-order valence-corrected chi connectivity index (χ0v) is 13.8. The van der Waals surface area contributed by atoms with Crippen LogP contribution in [0.4, 0.5) is 0 Å². The van der Waals surface area contributed by atoms with Gasteiger partial charge in [0.2, 0.25) is 0 Å². The lowest BCUT2D eigenvalue weighted by Crippen LogP contribution is -2.32. The van der Waals surface area contributed by atoms with Crippen molar-refractivity contribution in [3.8, 4) is 0 Å². The van der Waals surface area contributed by atoms with Crippen molar-refractivity contribution < 1.29 is 0 Å². The van der Waals surface area contributed by atoms with Gasteiger partial charge in [-0.05, 0) is 67.5 Å². The third-order valence-electron chi connectivity index (χ3n) is 5.68. The molecule has 2 fully saturated rings. The molecular formula is C20H31N. The van der Waals surface area contributed by atoms with Crippen molar-refractivity contribution >= 4 is 0 Å². The third kappa shape index (κ3) is 3.34. The fraction of sp³-hybridized carbons (Fsp3) is 0.700. The molecule has 21 heavy (non-hydrogen) atoms. The smallest absolute Gasteiger partial charge is 0.0351 e. The Morgan fingerprint density at radius 1 is 1.14 bits per heavy atom. The minimum atomic E-state index is 0.594. The Morgan fingerprint density at radius 2 is 2.05 bits per heavy atom. The number of hydrogen-bond donors (Lipinski definition) is 1. The molecule has 1 nitrogen and oxygen atoms in total. The Kier molecular flexibility index (Phi) is 5.00. The molecule has 0 aromatic heterocycles. The van der Waals surface area contributed by atoms with Crippen LogP contribution in [0.3, 0.4) is 0 Å². The van der Waals surface area contributed by atoms with E-state index in [1.54, 1.807) is 5.56 Å². The second-order valence-electron chi connectivity index (χ2n) is 7.27. The lowest BCUT2D eigenvalue weighted by molar-refractivity contribution is 0.251. The summed E-state index contributed by atoms with van der Waals surface area (Å²) in [6.07, 6.45) is 9.63.